The summed E-state index contributed by atoms with van der Waals surface area (Å²) in [6, 6.07) is 1.53. The van der Waals surface area contributed by atoms with Crippen LogP contribution in [0.5, 0.6) is 0 Å². The summed E-state index contributed by atoms with van der Waals surface area (Å²) in [5.41, 5.74) is 6.68. The number of hydrogen-bond acceptors (Lipinski definition) is 6. The van der Waals surface area contributed by atoms with E-state index in [-0.39, 0.29) is 11.1 Å². The third-order valence-electron chi connectivity index (χ3n) is 2.68. The number of nitrogens with zero attached hydrogens (tertiary/aromatic N) is 4. The van der Waals surface area contributed by atoms with E-state index in [1.54, 1.807) is 0 Å². The van der Waals surface area contributed by atoms with Gasteiger partial charge in [-0.25, -0.2) is 14.5 Å². The fraction of sp³-hybridized carbons (Fsp3) is 0.333. The first kappa shape index (κ1) is 14.3. The van der Waals surface area contributed by atoms with Crippen molar-refractivity contribution in [3.63, 3.8) is 0 Å². The molecule has 2 heterocycles. The molecule has 0 saturated carbocycles. The molecule has 0 spiro atoms. The number of ether oxygens (including phenoxy) is 1. The molecular weight excluding hydrogens is 282 g/mol. The van der Waals surface area contributed by atoms with Gasteiger partial charge in [-0.05, 0) is 6.42 Å². The van der Waals surface area contributed by atoms with Gasteiger partial charge in [0, 0.05) is 6.07 Å². The average Bonchev–Trinajstić information content (AvgIpc) is 2.81. The van der Waals surface area contributed by atoms with Gasteiger partial charge in [-0.1, -0.05) is 24.9 Å². The average molecular weight is 296 g/mol. The fourth-order valence-corrected chi connectivity index (χ4v) is 2.04. The molecule has 0 bridgehead atoms. The van der Waals surface area contributed by atoms with E-state index < -0.39 is 5.97 Å². The molecule has 0 radical (unpaired) electrons. The topological polar surface area (TPSA) is 95.9 Å². The normalized spacial score (nSPS) is 10.6. The molecule has 8 heteroatoms. The monoisotopic (exact) mass is 295 g/mol. The van der Waals surface area contributed by atoms with Crippen molar-refractivity contribution < 1.29 is 9.53 Å². The molecule has 20 heavy (non-hydrogen) atoms. The first-order valence-corrected chi connectivity index (χ1v) is 6.40. The van der Waals surface area contributed by atoms with E-state index in [0.717, 1.165) is 6.42 Å². The zero-order valence-corrected chi connectivity index (χ0v) is 11.9. The van der Waals surface area contributed by atoms with Crippen LogP contribution in [0.15, 0.2) is 12.3 Å². The highest BCUT2D eigenvalue weighted by atomic mass is 35.5. The number of halogens is 1. The number of nitrogen functional groups attached to an aromatic ring is 1. The lowest BCUT2D eigenvalue weighted by molar-refractivity contribution is 0.0599. The predicted molar refractivity (Wildman–Crippen MR) is 73.9 cm³/mol. The van der Waals surface area contributed by atoms with Crippen LogP contribution in [0.2, 0.25) is 5.15 Å². The minimum absolute atomic E-state index is 0.0464. The third-order valence-corrected chi connectivity index (χ3v) is 2.87. The molecule has 0 aliphatic carbocycles. The SMILES string of the molecule is CCCc1c(C(=O)OC)cnn1-c1cc(Cl)nc(N)n1. The second-order valence-corrected chi connectivity index (χ2v) is 4.45. The van der Waals surface area contributed by atoms with Crippen LogP contribution in [0, 0.1) is 0 Å². The van der Waals surface area contributed by atoms with Crippen LogP contribution in [0.25, 0.3) is 5.82 Å². The van der Waals surface area contributed by atoms with E-state index in [2.05, 4.69) is 15.1 Å². The van der Waals surface area contributed by atoms with Crippen LogP contribution in [0.1, 0.15) is 29.4 Å². The van der Waals surface area contributed by atoms with Gasteiger partial charge in [0.05, 0.1) is 19.0 Å². The maximum atomic E-state index is 11.7. The Hall–Kier alpha value is -2.15. The number of nitrogens with two attached hydrogens (primary N) is 1. The number of carbonyl (C=O) groups excluding carboxylic acids is 1. The van der Waals surface area contributed by atoms with Crippen LogP contribution >= 0.6 is 11.6 Å². The first-order chi connectivity index (χ1) is 9.56. The van der Waals surface area contributed by atoms with Crippen molar-refractivity contribution in [2.45, 2.75) is 19.8 Å². The molecule has 7 nitrogen and oxygen atoms in total. The molecule has 0 aliphatic rings. The maximum absolute atomic E-state index is 11.7. The number of anilines is 1. The molecule has 106 valence electrons. The van der Waals surface area contributed by atoms with Crippen molar-refractivity contribution in [1.82, 2.24) is 19.7 Å². The maximum Gasteiger partial charge on any atom is 0.341 e. The predicted octanol–water partition coefficient (Wildman–Crippen LogP) is 1.64. The molecule has 0 fully saturated rings. The zero-order valence-electron chi connectivity index (χ0n) is 11.1. The van der Waals surface area contributed by atoms with E-state index in [0.29, 0.717) is 23.5 Å². The molecule has 0 aromatic carbocycles. The molecule has 2 rings (SSSR count). The van der Waals surface area contributed by atoms with E-state index in [1.165, 1.54) is 24.1 Å². The van der Waals surface area contributed by atoms with Gasteiger partial charge in [-0.2, -0.15) is 10.1 Å². The summed E-state index contributed by atoms with van der Waals surface area (Å²) in [6.07, 6.45) is 2.93. The summed E-state index contributed by atoms with van der Waals surface area (Å²) in [4.78, 5) is 19.6. The highest BCUT2D eigenvalue weighted by Gasteiger charge is 2.19. The summed E-state index contributed by atoms with van der Waals surface area (Å²) in [7, 11) is 1.33. The molecular formula is C12H14ClN5O2. The van der Waals surface area contributed by atoms with Gasteiger partial charge in [0.2, 0.25) is 5.95 Å². The van der Waals surface area contributed by atoms with Crippen LogP contribution < -0.4 is 5.73 Å². The number of esters is 1. The van der Waals surface area contributed by atoms with Crippen molar-refractivity contribution in [2.24, 2.45) is 0 Å². The van der Waals surface area contributed by atoms with Crippen molar-refractivity contribution in [1.29, 1.82) is 0 Å². The minimum Gasteiger partial charge on any atom is -0.465 e. The molecule has 0 atom stereocenters. The second kappa shape index (κ2) is 5.87. The fourth-order valence-electron chi connectivity index (χ4n) is 1.86. The minimum atomic E-state index is -0.437. The summed E-state index contributed by atoms with van der Waals surface area (Å²) >= 11 is 5.86. The summed E-state index contributed by atoms with van der Waals surface area (Å²) in [6.45, 7) is 2.00. The lowest BCUT2D eigenvalue weighted by atomic mass is 10.1. The van der Waals surface area contributed by atoms with Gasteiger partial charge in [0.15, 0.2) is 5.82 Å². The number of rotatable bonds is 4. The van der Waals surface area contributed by atoms with Gasteiger partial charge in [0.1, 0.15) is 10.7 Å². The standard InChI is InChI=1S/C12H14ClN5O2/c1-3-4-8-7(11(19)20-2)6-15-18(8)10-5-9(13)16-12(14)17-10/h5-6H,3-4H2,1-2H3,(H2,14,16,17). The lowest BCUT2D eigenvalue weighted by Crippen LogP contribution is -2.10. The molecule has 0 aliphatic heterocycles. The number of aromatic nitrogens is 4. The van der Waals surface area contributed by atoms with E-state index in [4.69, 9.17) is 22.1 Å². The smallest absolute Gasteiger partial charge is 0.341 e. The summed E-state index contributed by atoms with van der Waals surface area (Å²) in [5, 5.41) is 4.38. The highest BCUT2D eigenvalue weighted by molar-refractivity contribution is 6.29. The Labute approximate surface area is 120 Å². The van der Waals surface area contributed by atoms with E-state index in [1.807, 2.05) is 6.92 Å². The zero-order chi connectivity index (χ0) is 14.7. The van der Waals surface area contributed by atoms with Crippen molar-refractivity contribution >= 4 is 23.5 Å². The van der Waals surface area contributed by atoms with Gasteiger partial charge >= 0.3 is 5.97 Å². The van der Waals surface area contributed by atoms with Crippen LogP contribution in [-0.4, -0.2) is 32.8 Å². The van der Waals surface area contributed by atoms with Crippen LogP contribution in [0.3, 0.4) is 0 Å². The summed E-state index contributed by atoms with van der Waals surface area (Å²) in [5.74, 6) is 0.0268. The molecule has 2 N–H and O–H groups in total. The van der Waals surface area contributed by atoms with Crippen LogP contribution in [-0.2, 0) is 11.2 Å². The Kier molecular flexibility index (Phi) is 4.19. The van der Waals surface area contributed by atoms with Crippen molar-refractivity contribution in [3.05, 3.63) is 28.7 Å². The Balaban J connectivity index is 2.56. The Bertz CT molecular complexity index is 621. The Morgan fingerprint density at radius 2 is 2.25 bits per heavy atom. The first-order valence-electron chi connectivity index (χ1n) is 6.02. The van der Waals surface area contributed by atoms with Gasteiger partial charge in [0.25, 0.3) is 0 Å². The molecule has 0 unspecified atom stereocenters. The summed E-state index contributed by atoms with van der Waals surface area (Å²) < 4.78 is 6.27. The highest BCUT2D eigenvalue weighted by Crippen LogP contribution is 2.19. The van der Waals surface area contributed by atoms with Crippen LogP contribution in [0.4, 0.5) is 5.95 Å². The quantitative estimate of drug-likeness (QED) is 0.680. The number of carbonyl (C=O) groups is 1. The van der Waals surface area contributed by atoms with Gasteiger partial charge in [-0.15, -0.1) is 0 Å². The van der Waals surface area contributed by atoms with Crippen molar-refractivity contribution in [2.75, 3.05) is 12.8 Å². The van der Waals surface area contributed by atoms with E-state index >= 15 is 0 Å². The molecule has 2 aromatic heterocycles. The number of methoxy groups -OCH3 is 1. The number of hydrogen-bond donors (Lipinski definition) is 1. The Morgan fingerprint density at radius 3 is 2.85 bits per heavy atom. The molecule has 0 saturated heterocycles. The van der Waals surface area contributed by atoms with Gasteiger partial charge < -0.3 is 10.5 Å². The Morgan fingerprint density at radius 1 is 1.50 bits per heavy atom. The van der Waals surface area contributed by atoms with Gasteiger partial charge in [-0.3, -0.25) is 0 Å². The molecule has 0 amide bonds. The third kappa shape index (κ3) is 2.72. The van der Waals surface area contributed by atoms with E-state index in [9.17, 15) is 4.79 Å². The second-order valence-electron chi connectivity index (χ2n) is 4.07. The lowest BCUT2D eigenvalue weighted by Gasteiger charge is -2.08. The largest absolute Gasteiger partial charge is 0.465 e. The van der Waals surface area contributed by atoms with Crippen molar-refractivity contribution in [3.8, 4) is 5.82 Å². The molecule has 2 aromatic rings.